The first-order chi connectivity index (χ1) is 18.0. The van der Waals surface area contributed by atoms with Crippen molar-refractivity contribution in [2.45, 2.75) is 105 Å². The molecule has 0 radical (unpaired) electrons. The fourth-order valence-corrected chi connectivity index (χ4v) is 6.33. The first-order valence-corrected chi connectivity index (χ1v) is 15.0. The molecular weight excluding hydrogens is 525 g/mol. The summed E-state index contributed by atoms with van der Waals surface area (Å²) in [5.74, 6) is -0.777. The van der Waals surface area contributed by atoms with Crippen molar-refractivity contribution >= 4 is 36.4 Å². The highest BCUT2D eigenvalue weighted by atomic mass is 31.2. The summed E-state index contributed by atoms with van der Waals surface area (Å²) in [7, 11) is -3.64. The van der Waals surface area contributed by atoms with E-state index in [9.17, 15) is 14.2 Å². The number of rotatable bonds is 15. The predicted octanol–water partition coefficient (Wildman–Crippen LogP) is 3.24. The second-order valence-electron chi connectivity index (χ2n) is 11.1. The monoisotopic (exact) mass is 569 g/mol. The van der Waals surface area contributed by atoms with Gasteiger partial charge in [0.05, 0.1) is 37.6 Å². The molecule has 14 heteroatoms. The van der Waals surface area contributed by atoms with Gasteiger partial charge in [-0.15, -0.1) is 0 Å². The Morgan fingerprint density at radius 3 is 2.28 bits per heavy atom. The molecule has 4 N–H and O–H groups in total. The molecule has 39 heavy (non-hydrogen) atoms. The average Bonchev–Trinajstić information content (AvgIpc) is 3.20. The number of esters is 2. The first-order valence-electron chi connectivity index (χ1n) is 13.1. The Morgan fingerprint density at radius 1 is 1.05 bits per heavy atom. The summed E-state index contributed by atoms with van der Waals surface area (Å²) >= 11 is 0. The largest absolute Gasteiger partial charge is 0.463 e. The van der Waals surface area contributed by atoms with E-state index in [1.54, 1.807) is 52.4 Å². The number of ether oxygens (including phenoxy) is 3. The molecule has 220 valence electrons. The lowest BCUT2D eigenvalue weighted by atomic mass is 10.0. The minimum absolute atomic E-state index is 0.00388. The molecule has 0 amide bonds. The molecule has 0 saturated heterocycles. The number of nitrogens with two attached hydrogens (primary N) is 1. The number of nitrogens with zero attached hydrogens (tertiary/aromatic N) is 4. The van der Waals surface area contributed by atoms with E-state index in [0.29, 0.717) is 17.7 Å². The van der Waals surface area contributed by atoms with Crippen molar-refractivity contribution in [3.63, 3.8) is 0 Å². The summed E-state index contributed by atoms with van der Waals surface area (Å²) in [6.45, 7) is 16.2. The van der Waals surface area contributed by atoms with E-state index in [1.165, 1.54) is 6.33 Å². The summed E-state index contributed by atoms with van der Waals surface area (Å²) in [5, 5.41) is 6.07. The number of nitrogens with one attached hydrogen (secondary N) is 2. The first kappa shape index (κ1) is 32.6. The van der Waals surface area contributed by atoms with Crippen LogP contribution in [-0.2, 0) is 34.9 Å². The van der Waals surface area contributed by atoms with Crippen LogP contribution < -0.4 is 15.9 Å². The van der Waals surface area contributed by atoms with Crippen LogP contribution in [0.4, 0.5) is 5.82 Å². The van der Waals surface area contributed by atoms with Gasteiger partial charge in [-0.2, -0.15) is 0 Å². The van der Waals surface area contributed by atoms with Gasteiger partial charge in [0.2, 0.25) is 7.44 Å². The molecule has 2 rings (SSSR count). The lowest BCUT2D eigenvalue weighted by Gasteiger charge is -2.34. The van der Waals surface area contributed by atoms with Crippen molar-refractivity contribution in [1.29, 1.82) is 0 Å². The van der Waals surface area contributed by atoms with Crippen molar-refractivity contribution in [1.82, 2.24) is 29.7 Å². The second-order valence-corrected chi connectivity index (χ2v) is 13.3. The number of carbonyl (C=O) groups is 2. The zero-order valence-corrected chi connectivity index (χ0v) is 25.3. The van der Waals surface area contributed by atoms with Crippen molar-refractivity contribution < 1.29 is 28.4 Å². The molecule has 0 spiro atoms. The highest BCUT2D eigenvalue weighted by molar-refractivity contribution is 7.59. The van der Waals surface area contributed by atoms with Gasteiger partial charge in [-0.1, -0.05) is 13.8 Å². The second kappa shape index (κ2) is 13.6. The van der Waals surface area contributed by atoms with Crippen LogP contribution >= 0.6 is 7.44 Å². The molecule has 2 aromatic rings. The molecule has 0 aliphatic rings. The Hall–Kier alpha value is -2.60. The lowest BCUT2D eigenvalue weighted by Crippen LogP contribution is -2.51. The van der Waals surface area contributed by atoms with Gasteiger partial charge in [-0.3, -0.25) is 14.2 Å². The Morgan fingerprint density at radius 2 is 1.69 bits per heavy atom. The maximum absolute atomic E-state index is 14.3. The minimum atomic E-state index is -3.64. The highest BCUT2D eigenvalue weighted by Crippen LogP contribution is 2.41. The molecule has 13 nitrogen and oxygen atoms in total. The zero-order chi connectivity index (χ0) is 29.5. The van der Waals surface area contributed by atoms with E-state index >= 15 is 0 Å². The van der Waals surface area contributed by atoms with Gasteiger partial charge in [-0.05, 0) is 54.4 Å². The lowest BCUT2D eigenvalue weighted by molar-refractivity contribution is -0.153. The van der Waals surface area contributed by atoms with E-state index in [-0.39, 0.29) is 36.7 Å². The van der Waals surface area contributed by atoms with Crippen LogP contribution in [0.25, 0.3) is 11.2 Å². The Kier molecular flexibility index (Phi) is 11.4. The molecule has 0 saturated carbocycles. The Balaban J connectivity index is 2.24. The van der Waals surface area contributed by atoms with Gasteiger partial charge >= 0.3 is 11.9 Å². The van der Waals surface area contributed by atoms with Gasteiger partial charge in [-0.25, -0.2) is 25.1 Å². The summed E-state index contributed by atoms with van der Waals surface area (Å²) in [4.78, 5) is 37.7. The molecule has 0 unspecified atom stereocenters. The van der Waals surface area contributed by atoms with Crippen LogP contribution in [0, 0.1) is 5.92 Å². The quantitative estimate of drug-likeness (QED) is 0.211. The van der Waals surface area contributed by atoms with Crippen molar-refractivity contribution in [2.24, 2.45) is 5.92 Å². The smallest absolute Gasteiger partial charge is 0.326 e. The topological polar surface area (TPSA) is 173 Å². The Bertz CT molecular complexity index is 1170. The van der Waals surface area contributed by atoms with E-state index in [0.717, 1.165) is 0 Å². The van der Waals surface area contributed by atoms with E-state index in [4.69, 9.17) is 19.9 Å². The maximum atomic E-state index is 14.3. The predicted molar refractivity (Wildman–Crippen MR) is 149 cm³/mol. The molecule has 0 aliphatic carbocycles. The van der Waals surface area contributed by atoms with Gasteiger partial charge in [0, 0.05) is 6.04 Å². The van der Waals surface area contributed by atoms with Crippen LogP contribution in [0.3, 0.4) is 0 Å². The fourth-order valence-electron chi connectivity index (χ4n) is 3.74. The molecule has 3 atom stereocenters. The number of imidazole rings is 1. The van der Waals surface area contributed by atoms with Gasteiger partial charge in [0.25, 0.3) is 0 Å². The SMILES string of the molecule is CC(C)OC(=O)C[C@H](N[P@](=O)(CO[C@H](C)Cn1cnc2c(N)ncnc21)NC(C)(C)C(=O)OC(C)C)C(C)C. The number of carbonyl (C=O) groups excluding carboxylic acids is 2. The van der Waals surface area contributed by atoms with Crippen molar-refractivity contribution in [3.8, 4) is 0 Å². The molecule has 0 bridgehead atoms. The molecule has 0 fully saturated rings. The molecule has 2 aromatic heterocycles. The zero-order valence-electron chi connectivity index (χ0n) is 24.4. The third-order valence-electron chi connectivity index (χ3n) is 5.67. The van der Waals surface area contributed by atoms with E-state index < -0.39 is 37.1 Å². The number of anilines is 1. The summed E-state index contributed by atoms with van der Waals surface area (Å²) in [6.07, 6.45) is 1.63. The van der Waals surface area contributed by atoms with Gasteiger partial charge in [0.1, 0.15) is 23.7 Å². The van der Waals surface area contributed by atoms with Crippen molar-refractivity contribution in [2.75, 3.05) is 12.1 Å². The van der Waals surface area contributed by atoms with E-state index in [1.807, 2.05) is 20.8 Å². The summed E-state index contributed by atoms with van der Waals surface area (Å²) in [6, 6.07) is -0.511. The number of hydrogen-bond acceptors (Lipinski definition) is 10. The average molecular weight is 570 g/mol. The molecule has 0 aromatic carbocycles. The Labute approximate surface area is 230 Å². The normalized spacial score (nSPS) is 15.5. The highest BCUT2D eigenvalue weighted by Gasteiger charge is 2.40. The summed E-state index contributed by atoms with van der Waals surface area (Å²) < 4.78 is 32.8. The number of hydrogen-bond donors (Lipinski definition) is 3. The van der Waals surface area contributed by atoms with E-state index in [2.05, 4.69) is 25.1 Å². The van der Waals surface area contributed by atoms with Crippen LogP contribution in [0.1, 0.15) is 68.7 Å². The number of nitrogen functional groups attached to an aromatic ring is 1. The number of fused-ring (bicyclic) bond motifs is 1. The van der Waals surface area contributed by atoms with Crippen molar-refractivity contribution in [3.05, 3.63) is 12.7 Å². The number of aromatic nitrogens is 4. The third kappa shape index (κ3) is 9.82. The van der Waals surface area contributed by atoms with Crippen LogP contribution in [0.5, 0.6) is 0 Å². The molecule has 0 aliphatic heterocycles. The third-order valence-corrected chi connectivity index (χ3v) is 7.85. The van der Waals surface area contributed by atoms with Gasteiger partial charge in [0.15, 0.2) is 11.5 Å². The van der Waals surface area contributed by atoms with Crippen LogP contribution in [0.2, 0.25) is 0 Å². The fraction of sp³-hybridized carbons (Fsp3) is 0.720. The van der Waals surface area contributed by atoms with Crippen LogP contribution in [-0.4, -0.2) is 67.7 Å². The molecular formula is C25H44N7O6P. The minimum Gasteiger partial charge on any atom is -0.463 e. The summed E-state index contributed by atoms with van der Waals surface area (Å²) in [5.41, 5.74) is 5.61. The standard InChI is InChI=1S/C25H44N7O6P/c1-15(2)19(10-20(33)37-16(3)4)30-39(35,31-25(8,9)24(34)38-17(5)6)14-36-18(7)11-32-13-29-21-22(26)27-12-28-23(21)32/h12-13,15-19H,10-11,14H2,1-9H3,(H2,26,27,28)(H2,30,31,35)/t18-,19+,39-/m1/s1. The van der Waals surface area contributed by atoms with Gasteiger partial charge < -0.3 is 24.5 Å². The maximum Gasteiger partial charge on any atom is 0.326 e. The molecule has 2 heterocycles. The van der Waals surface area contributed by atoms with Crippen LogP contribution in [0.15, 0.2) is 12.7 Å².